The fourth-order valence-corrected chi connectivity index (χ4v) is 4.75. The molecule has 3 aromatic rings. The van der Waals surface area contributed by atoms with Crippen molar-refractivity contribution in [3.8, 4) is 0 Å². The predicted molar refractivity (Wildman–Crippen MR) is 111 cm³/mol. The molecular weight excluding hydrogens is 424 g/mol. The van der Waals surface area contributed by atoms with E-state index in [1.165, 1.54) is 0 Å². The molecule has 1 aliphatic rings. The van der Waals surface area contributed by atoms with Gasteiger partial charge in [0.2, 0.25) is 0 Å². The first-order valence-electron chi connectivity index (χ1n) is 8.12. The third-order valence-corrected chi connectivity index (χ3v) is 5.96. The van der Waals surface area contributed by atoms with Crippen LogP contribution >= 0.6 is 27.7 Å². The second-order valence-electron chi connectivity index (χ2n) is 6.02. The van der Waals surface area contributed by atoms with E-state index in [2.05, 4.69) is 43.0 Å². The number of hydrogen-bond donors (Lipinski definition) is 0. The van der Waals surface area contributed by atoms with E-state index in [9.17, 15) is 4.79 Å². The molecule has 0 unspecified atom stereocenters. The Kier molecular flexibility index (Phi) is 4.66. The number of carbonyl (C=O) groups excluding carboxylic acids is 1. The third-order valence-electron chi connectivity index (χ3n) is 4.38. The molecule has 1 heterocycles. The van der Waals surface area contributed by atoms with Crippen molar-refractivity contribution >= 4 is 50.5 Å². The molecule has 132 valence electrons. The number of rotatable bonds is 3. The molecule has 0 saturated carbocycles. The zero-order chi connectivity index (χ0) is 19.0. The van der Waals surface area contributed by atoms with Gasteiger partial charge in [0.25, 0.3) is 0 Å². The predicted octanol–water partition coefficient (Wildman–Crippen LogP) is 6.85. The van der Waals surface area contributed by atoms with Gasteiger partial charge in [-0.15, -0.1) is 0 Å². The Morgan fingerprint density at radius 1 is 1.00 bits per heavy atom. The lowest BCUT2D eigenvalue weighted by Crippen LogP contribution is -2.15. The summed E-state index contributed by atoms with van der Waals surface area (Å²) >= 11 is 5.18. The molecule has 1 aliphatic heterocycles. The fourth-order valence-electron chi connectivity index (χ4n) is 3.01. The van der Waals surface area contributed by atoms with Crippen molar-refractivity contribution in [2.45, 2.75) is 9.79 Å². The highest BCUT2D eigenvalue weighted by atomic mass is 79.9. The van der Waals surface area contributed by atoms with Crippen LogP contribution < -0.4 is 4.90 Å². The average molecular weight is 437 g/mol. The number of nitrogens with zero attached hydrogens (tertiary/aromatic N) is 4. The molecule has 0 fully saturated rings. The highest BCUT2D eigenvalue weighted by Crippen LogP contribution is 2.48. The van der Waals surface area contributed by atoms with Crippen LogP contribution in [-0.2, 0) is 0 Å². The number of carbonyl (C=O) groups is 1. The maximum atomic E-state index is 12.8. The molecule has 0 aliphatic carbocycles. The van der Waals surface area contributed by atoms with Crippen molar-refractivity contribution in [1.29, 1.82) is 0 Å². The van der Waals surface area contributed by atoms with Gasteiger partial charge in [0.1, 0.15) is 0 Å². The van der Waals surface area contributed by atoms with Crippen molar-refractivity contribution < 1.29 is 4.79 Å². The third kappa shape index (κ3) is 3.32. The Hall–Kier alpha value is -2.73. The minimum absolute atomic E-state index is 0.0615. The number of anilines is 2. The maximum Gasteiger partial charge on any atom is 0.193 e. The molecule has 0 aromatic heterocycles. The van der Waals surface area contributed by atoms with Crippen LogP contribution in [0.3, 0.4) is 0 Å². The number of halogens is 1. The lowest BCUT2D eigenvalue weighted by molar-refractivity contribution is 0.103. The average Bonchev–Trinajstić information content (AvgIpc) is 2.68. The van der Waals surface area contributed by atoms with Crippen LogP contribution in [0.4, 0.5) is 17.1 Å². The molecule has 5 nitrogen and oxygen atoms in total. The van der Waals surface area contributed by atoms with Crippen molar-refractivity contribution in [1.82, 2.24) is 0 Å². The van der Waals surface area contributed by atoms with Gasteiger partial charge in [-0.05, 0) is 41.9 Å². The number of ketones is 1. The lowest BCUT2D eigenvalue weighted by atomic mass is 10.0. The second kappa shape index (κ2) is 7.12. The summed E-state index contributed by atoms with van der Waals surface area (Å²) in [4.78, 5) is 19.9. The molecule has 0 bridgehead atoms. The molecule has 0 radical (unpaired) electrons. The molecule has 0 amide bonds. The van der Waals surface area contributed by atoms with Crippen LogP contribution in [0.5, 0.6) is 0 Å². The normalized spacial score (nSPS) is 12.0. The van der Waals surface area contributed by atoms with Crippen LogP contribution in [0.15, 0.2) is 80.0 Å². The Morgan fingerprint density at radius 3 is 2.33 bits per heavy atom. The van der Waals surface area contributed by atoms with Crippen LogP contribution in [-0.4, -0.2) is 12.8 Å². The molecule has 7 heteroatoms. The topological polar surface area (TPSA) is 69.1 Å². The SMILES string of the molecule is CN1c2ccc(Br)cc2Sc2cc(C(=O)c3ccc(N=[N+]=[N-])cc3)ccc21. The summed E-state index contributed by atoms with van der Waals surface area (Å²) in [6.45, 7) is 0. The van der Waals surface area contributed by atoms with Gasteiger partial charge in [0.15, 0.2) is 5.78 Å². The number of hydrogen-bond acceptors (Lipinski definition) is 4. The lowest BCUT2D eigenvalue weighted by Gasteiger charge is -2.29. The van der Waals surface area contributed by atoms with Crippen molar-refractivity contribution in [2.24, 2.45) is 5.11 Å². The summed E-state index contributed by atoms with van der Waals surface area (Å²) in [5.41, 5.74) is 12.4. The van der Waals surface area contributed by atoms with Crippen molar-refractivity contribution in [3.05, 3.63) is 86.7 Å². The summed E-state index contributed by atoms with van der Waals surface area (Å²) in [6.07, 6.45) is 0. The van der Waals surface area contributed by atoms with E-state index >= 15 is 0 Å². The van der Waals surface area contributed by atoms with E-state index in [1.807, 2.05) is 31.3 Å². The summed E-state index contributed by atoms with van der Waals surface area (Å²) in [7, 11) is 2.03. The Balaban J connectivity index is 1.68. The molecule has 4 rings (SSSR count). The molecule has 0 atom stereocenters. The highest BCUT2D eigenvalue weighted by molar-refractivity contribution is 9.10. The first-order valence-corrected chi connectivity index (χ1v) is 9.73. The van der Waals surface area contributed by atoms with Gasteiger partial charge in [0.05, 0.1) is 11.4 Å². The zero-order valence-electron chi connectivity index (χ0n) is 14.3. The van der Waals surface area contributed by atoms with Crippen LogP contribution in [0.25, 0.3) is 10.4 Å². The Labute approximate surface area is 168 Å². The molecule has 0 spiro atoms. The molecule has 27 heavy (non-hydrogen) atoms. The van der Waals surface area contributed by atoms with Gasteiger partial charge >= 0.3 is 0 Å². The highest BCUT2D eigenvalue weighted by Gasteiger charge is 2.22. The van der Waals surface area contributed by atoms with Crippen molar-refractivity contribution in [3.63, 3.8) is 0 Å². The van der Waals surface area contributed by atoms with Gasteiger partial charge in [-0.1, -0.05) is 57.1 Å². The number of fused-ring (bicyclic) bond motifs is 2. The maximum absolute atomic E-state index is 12.8. The second-order valence-corrected chi connectivity index (χ2v) is 8.02. The summed E-state index contributed by atoms with van der Waals surface area (Å²) in [5, 5.41) is 3.53. The summed E-state index contributed by atoms with van der Waals surface area (Å²) in [6, 6.07) is 18.6. The first-order chi connectivity index (χ1) is 13.1. The monoisotopic (exact) mass is 436 g/mol. The molecule has 3 aromatic carbocycles. The van der Waals surface area contributed by atoms with Crippen LogP contribution in [0.2, 0.25) is 0 Å². The van der Waals surface area contributed by atoms with Gasteiger partial charge in [0, 0.05) is 43.0 Å². The summed E-state index contributed by atoms with van der Waals surface area (Å²) in [5.74, 6) is -0.0615. The van der Waals surface area contributed by atoms with E-state index < -0.39 is 0 Å². The van der Waals surface area contributed by atoms with Gasteiger partial charge < -0.3 is 4.90 Å². The van der Waals surface area contributed by atoms with Crippen LogP contribution in [0, 0.1) is 0 Å². The quantitative estimate of drug-likeness (QED) is 0.195. The number of benzene rings is 3. The van der Waals surface area contributed by atoms with E-state index in [0.29, 0.717) is 16.8 Å². The molecule has 0 N–H and O–H groups in total. The van der Waals surface area contributed by atoms with Gasteiger partial charge in [-0.3, -0.25) is 4.79 Å². The van der Waals surface area contributed by atoms with E-state index in [0.717, 1.165) is 25.6 Å². The van der Waals surface area contributed by atoms with Gasteiger partial charge in [-0.2, -0.15) is 0 Å². The summed E-state index contributed by atoms with van der Waals surface area (Å²) < 4.78 is 1.03. The smallest absolute Gasteiger partial charge is 0.193 e. The van der Waals surface area contributed by atoms with Crippen molar-refractivity contribution in [2.75, 3.05) is 11.9 Å². The molecule has 0 saturated heterocycles. The van der Waals surface area contributed by atoms with Crippen LogP contribution in [0.1, 0.15) is 15.9 Å². The Morgan fingerprint density at radius 2 is 1.63 bits per heavy atom. The number of azide groups is 1. The first kappa shape index (κ1) is 17.7. The minimum Gasteiger partial charge on any atom is -0.343 e. The van der Waals surface area contributed by atoms with E-state index in [1.54, 1.807) is 36.0 Å². The Bertz CT molecular complexity index is 1110. The largest absolute Gasteiger partial charge is 0.343 e. The molecular formula is C20H13BrN4OS. The fraction of sp³-hybridized carbons (Fsp3) is 0.0500. The van der Waals surface area contributed by atoms with Gasteiger partial charge in [-0.25, -0.2) is 0 Å². The van der Waals surface area contributed by atoms with E-state index in [4.69, 9.17) is 5.53 Å². The standard InChI is InChI=1S/C20H13BrN4OS/c1-25-16-8-4-13(20(26)12-2-6-15(7-3-12)23-24-22)10-18(16)27-19-11-14(21)5-9-17(19)25/h2-11H,1H3. The van der Waals surface area contributed by atoms with E-state index in [-0.39, 0.29) is 5.78 Å². The minimum atomic E-state index is -0.0615. The zero-order valence-corrected chi connectivity index (χ0v) is 16.7.